The van der Waals surface area contributed by atoms with Gasteiger partial charge in [0.25, 0.3) is 5.91 Å². The van der Waals surface area contributed by atoms with Crippen LogP contribution in [0.3, 0.4) is 0 Å². The van der Waals surface area contributed by atoms with Gasteiger partial charge in [0.15, 0.2) is 0 Å². The molecular weight excluding hydrogens is 360 g/mol. The second-order valence-electron chi connectivity index (χ2n) is 6.61. The van der Waals surface area contributed by atoms with E-state index in [-0.39, 0.29) is 16.8 Å². The van der Waals surface area contributed by atoms with Crippen molar-refractivity contribution in [3.8, 4) is 0 Å². The first-order valence-electron chi connectivity index (χ1n) is 8.61. The van der Waals surface area contributed by atoms with Crippen LogP contribution in [-0.2, 0) is 10.0 Å². The van der Waals surface area contributed by atoms with Crippen molar-refractivity contribution < 1.29 is 13.2 Å². The second kappa shape index (κ2) is 7.50. The second-order valence-corrected chi connectivity index (χ2v) is 8.77. The maximum atomic E-state index is 12.5. The Morgan fingerprint density at radius 2 is 1.56 bits per heavy atom. The molecule has 1 N–H and O–H groups in total. The number of nitrogens with one attached hydrogen (secondary N) is 1. The van der Waals surface area contributed by atoms with Crippen LogP contribution in [-0.4, -0.2) is 32.7 Å². The lowest BCUT2D eigenvalue weighted by molar-refractivity contribution is 0.0940. The molecule has 3 aromatic rings. The molecule has 0 aliphatic rings. The fraction of sp³-hybridized carbons (Fsp3) is 0.190. The molecule has 0 saturated carbocycles. The van der Waals surface area contributed by atoms with Gasteiger partial charge < -0.3 is 5.32 Å². The molecule has 0 unspecified atom stereocenters. The molecule has 0 radical (unpaired) electrons. The molecule has 0 fully saturated rings. The largest absolute Gasteiger partial charge is 0.346 e. The lowest BCUT2D eigenvalue weighted by Gasteiger charge is -2.16. The van der Waals surface area contributed by atoms with Crippen molar-refractivity contribution in [2.45, 2.75) is 17.9 Å². The van der Waals surface area contributed by atoms with Gasteiger partial charge in [0.05, 0.1) is 10.9 Å². The third-order valence-corrected chi connectivity index (χ3v) is 6.35. The van der Waals surface area contributed by atoms with Crippen molar-refractivity contribution in [2.75, 3.05) is 14.1 Å². The molecule has 6 heteroatoms. The Labute approximate surface area is 159 Å². The third-order valence-electron chi connectivity index (χ3n) is 4.52. The Hall–Kier alpha value is -2.70. The molecule has 0 spiro atoms. The highest BCUT2D eigenvalue weighted by atomic mass is 32.2. The van der Waals surface area contributed by atoms with Gasteiger partial charge in [-0.15, -0.1) is 0 Å². The van der Waals surface area contributed by atoms with Crippen molar-refractivity contribution in [1.82, 2.24) is 9.62 Å². The number of fused-ring (bicyclic) bond motifs is 1. The van der Waals surface area contributed by atoms with E-state index in [2.05, 4.69) is 11.4 Å². The summed E-state index contributed by atoms with van der Waals surface area (Å²) < 4.78 is 25.4. The molecule has 1 amide bonds. The highest BCUT2D eigenvalue weighted by Gasteiger charge is 2.18. The van der Waals surface area contributed by atoms with Crippen molar-refractivity contribution in [3.05, 3.63) is 77.9 Å². The average Bonchev–Trinajstić information content (AvgIpc) is 2.67. The van der Waals surface area contributed by atoms with E-state index >= 15 is 0 Å². The molecule has 0 aliphatic carbocycles. The van der Waals surface area contributed by atoms with Gasteiger partial charge in [-0.1, -0.05) is 36.4 Å². The van der Waals surface area contributed by atoms with Crippen LogP contribution >= 0.6 is 0 Å². The first-order valence-corrected chi connectivity index (χ1v) is 10.1. The Bertz CT molecular complexity index is 1070. The van der Waals surface area contributed by atoms with E-state index in [0.717, 1.165) is 20.6 Å². The Morgan fingerprint density at radius 3 is 2.19 bits per heavy atom. The highest BCUT2D eigenvalue weighted by molar-refractivity contribution is 7.89. The summed E-state index contributed by atoms with van der Waals surface area (Å²) in [6, 6.07) is 19.9. The maximum Gasteiger partial charge on any atom is 0.251 e. The number of benzene rings is 3. The predicted molar refractivity (Wildman–Crippen MR) is 107 cm³/mol. The van der Waals surface area contributed by atoms with Crippen molar-refractivity contribution in [1.29, 1.82) is 0 Å². The number of nitrogens with zero attached hydrogens (tertiary/aromatic N) is 1. The molecule has 5 nitrogen and oxygen atoms in total. The van der Waals surface area contributed by atoms with Crippen molar-refractivity contribution in [3.63, 3.8) is 0 Å². The van der Waals surface area contributed by atoms with Crippen LogP contribution < -0.4 is 5.32 Å². The van der Waals surface area contributed by atoms with E-state index in [1.165, 1.54) is 38.4 Å². The van der Waals surface area contributed by atoms with Gasteiger partial charge in [-0.05, 0) is 53.6 Å². The molecular formula is C21H22N2O3S. The van der Waals surface area contributed by atoms with Gasteiger partial charge in [-0.25, -0.2) is 12.7 Å². The van der Waals surface area contributed by atoms with Gasteiger partial charge in [0.1, 0.15) is 0 Å². The first-order chi connectivity index (χ1) is 12.8. The van der Waals surface area contributed by atoms with Gasteiger partial charge >= 0.3 is 0 Å². The van der Waals surface area contributed by atoms with Crippen LogP contribution in [0.1, 0.15) is 28.9 Å². The molecule has 3 rings (SSSR count). The maximum absolute atomic E-state index is 12.5. The number of hydrogen-bond donors (Lipinski definition) is 1. The van der Waals surface area contributed by atoms with E-state index in [0.29, 0.717) is 5.56 Å². The molecule has 0 aromatic heterocycles. The standard InChI is InChI=1S/C21H22N2O3S/c1-15(18-9-8-16-6-4-5-7-19(16)14-18)22-21(24)17-10-12-20(13-11-17)27(25,26)23(2)3/h4-15H,1-3H3,(H,22,24)/t15-/m0/s1. The van der Waals surface area contributed by atoms with Crippen LogP contribution in [0.4, 0.5) is 0 Å². The number of hydrogen-bond acceptors (Lipinski definition) is 3. The molecule has 27 heavy (non-hydrogen) atoms. The van der Waals surface area contributed by atoms with Gasteiger partial charge in [-0.3, -0.25) is 4.79 Å². The number of rotatable bonds is 5. The highest BCUT2D eigenvalue weighted by Crippen LogP contribution is 2.21. The van der Waals surface area contributed by atoms with E-state index < -0.39 is 10.0 Å². The van der Waals surface area contributed by atoms with Crippen LogP contribution in [0.25, 0.3) is 10.8 Å². The zero-order chi connectivity index (χ0) is 19.6. The first kappa shape index (κ1) is 19.1. The summed E-state index contributed by atoms with van der Waals surface area (Å²) in [6.45, 7) is 1.92. The summed E-state index contributed by atoms with van der Waals surface area (Å²) in [5, 5.41) is 5.23. The zero-order valence-corrected chi connectivity index (χ0v) is 16.3. The molecule has 140 valence electrons. The molecule has 0 heterocycles. The van der Waals surface area contributed by atoms with Crippen LogP contribution in [0.5, 0.6) is 0 Å². The normalized spacial score (nSPS) is 12.9. The monoisotopic (exact) mass is 382 g/mol. The van der Waals surface area contributed by atoms with Crippen LogP contribution in [0.2, 0.25) is 0 Å². The smallest absolute Gasteiger partial charge is 0.251 e. The summed E-state index contributed by atoms with van der Waals surface area (Å²) in [6.07, 6.45) is 0. The molecule has 0 bridgehead atoms. The average molecular weight is 382 g/mol. The lowest BCUT2D eigenvalue weighted by atomic mass is 10.0. The van der Waals surface area contributed by atoms with Crippen LogP contribution in [0.15, 0.2) is 71.6 Å². The molecule has 1 atom stereocenters. The summed E-state index contributed by atoms with van der Waals surface area (Å²) in [7, 11) is -0.558. The summed E-state index contributed by atoms with van der Waals surface area (Å²) in [5.74, 6) is -0.246. The fourth-order valence-electron chi connectivity index (χ4n) is 2.83. The van der Waals surface area contributed by atoms with E-state index in [1.807, 2.05) is 43.3 Å². The Balaban J connectivity index is 1.76. The minimum absolute atomic E-state index is 0.159. The van der Waals surface area contributed by atoms with Crippen LogP contribution in [0, 0.1) is 0 Å². The zero-order valence-electron chi connectivity index (χ0n) is 15.5. The summed E-state index contributed by atoms with van der Waals surface area (Å²) in [5.41, 5.74) is 1.43. The Morgan fingerprint density at radius 1 is 0.926 bits per heavy atom. The van der Waals surface area contributed by atoms with Gasteiger partial charge in [0, 0.05) is 19.7 Å². The molecule has 0 saturated heterocycles. The minimum atomic E-state index is -3.50. The number of sulfonamides is 1. The van der Waals surface area contributed by atoms with E-state index in [4.69, 9.17) is 0 Å². The summed E-state index contributed by atoms with van der Waals surface area (Å²) >= 11 is 0. The van der Waals surface area contributed by atoms with E-state index in [9.17, 15) is 13.2 Å². The van der Waals surface area contributed by atoms with E-state index in [1.54, 1.807) is 0 Å². The SMILES string of the molecule is C[C@H](NC(=O)c1ccc(S(=O)(=O)N(C)C)cc1)c1ccc2ccccc2c1. The topological polar surface area (TPSA) is 66.5 Å². The fourth-order valence-corrected chi connectivity index (χ4v) is 3.73. The predicted octanol–water partition coefficient (Wildman–Crippen LogP) is 3.58. The van der Waals surface area contributed by atoms with Crippen molar-refractivity contribution in [2.24, 2.45) is 0 Å². The lowest BCUT2D eigenvalue weighted by Crippen LogP contribution is -2.27. The van der Waals surface area contributed by atoms with Crippen molar-refractivity contribution >= 4 is 26.7 Å². The number of carbonyl (C=O) groups excluding carboxylic acids is 1. The molecule has 3 aromatic carbocycles. The molecule has 0 aliphatic heterocycles. The Kier molecular flexibility index (Phi) is 5.30. The third kappa shape index (κ3) is 4.02. The van der Waals surface area contributed by atoms with Gasteiger partial charge in [0.2, 0.25) is 10.0 Å². The van der Waals surface area contributed by atoms with Gasteiger partial charge in [-0.2, -0.15) is 0 Å². The quantitative estimate of drug-likeness (QED) is 0.733. The summed E-state index contributed by atoms with van der Waals surface area (Å²) in [4.78, 5) is 12.7. The number of carbonyl (C=O) groups is 1. The minimum Gasteiger partial charge on any atom is -0.346 e. The number of amides is 1.